The van der Waals surface area contributed by atoms with E-state index in [0.717, 1.165) is 5.69 Å². The number of benzene rings is 1. The second-order valence-electron chi connectivity index (χ2n) is 7.18. The zero-order valence-corrected chi connectivity index (χ0v) is 16.8. The summed E-state index contributed by atoms with van der Waals surface area (Å²) in [5, 5.41) is 2.71. The van der Waals surface area contributed by atoms with E-state index in [2.05, 4.69) is 15.3 Å². The van der Waals surface area contributed by atoms with E-state index in [4.69, 9.17) is 4.74 Å². The summed E-state index contributed by atoms with van der Waals surface area (Å²) in [5.74, 6) is 0.530. The van der Waals surface area contributed by atoms with Gasteiger partial charge in [0.15, 0.2) is 5.65 Å². The number of methoxy groups -OCH3 is 1. The maximum absolute atomic E-state index is 13.4. The number of anilines is 1. The van der Waals surface area contributed by atoms with Crippen LogP contribution in [0.5, 0.6) is 5.75 Å². The Morgan fingerprint density at radius 2 is 1.90 bits per heavy atom. The molecule has 1 aliphatic rings. The van der Waals surface area contributed by atoms with Gasteiger partial charge in [-0.15, -0.1) is 0 Å². The minimum absolute atomic E-state index is 0.198. The molecule has 0 unspecified atom stereocenters. The smallest absolute Gasteiger partial charge is 0.255 e. The van der Waals surface area contributed by atoms with Crippen LogP contribution in [0.2, 0.25) is 0 Å². The summed E-state index contributed by atoms with van der Waals surface area (Å²) in [5.41, 5.74) is 2.09. The molecule has 9 heteroatoms. The monoisotopic (exact) mass is 411 g/mol. The number of carbonyl (C=O) groups is 2. The average molecular weight is 411 g/mol. The Morgan fingerprint density at radius 3 is 2.53 bits per heavy atom. The van der Waals surface area contributed by atoms with Crippen molar-refractivity contribution < 1.29 is 18.7 Å². The van der Waals surface area contributed by atoms with Crippen molar-refractivity contribution in [2.75, 3.05) is 25.5 Å². The number of halogens is 1. The second-order valence-corrected chi connectivity index (χ2v) is 7.18. The molecule has 8 nitrogen and oxygen atoms in total. The van der Waals surface area contributed by atoms with E-state index in [1.165, 1.54) is 13.1 Å². The summed E-state index contributed by atoms with van der Waals surface area (Å²) in [4.78, 5) is 35.1. The van der Waals surface area contributed by atoms with Crippen molar-refractivity contribution in [1.29, 1.82) is 0 Å². The Hall–Kier alpha value is -3.49. The number of nitrogens with one attached hydrogen (secondary N) is 1. The number of hydrogen-bond donors (Lipinski definition) is 1. The molecule has 1 aliphatic heterocycles. The largest absolute Gasteiger partial charge is 0.497 e. The van der Waals surface area contributed by atoms with Gasteiger partial charge in [0.1, 0.15) is 17.4 Å². The van der Waals surface area contributed by atoms with Crippen molar-refractivity contribution in [3.8, 4) is 11.4 Å². The van der Waals surface area contributed by atoms with Gasteiger partial charge in [0.2, 0.25) is 11.9 Å². The molecule has 1 aromatic carbocycles. The van der Waals surface area contributed by atoms with Crippen LogP contribution in [0.4, 0.5) is 10.3 Å². The lowest BCUT2D eigenvalue weighted by Crippen LogP contribution is -2.39. The minimum Gasteiger partial charge on any atom is -0.497 e. The van der Waals surface area contributed by atoms with Crippen LogP contribution in [-0.4, -0.2) is 57.6 Å². The predicted molar refractivity (Wildman–Crippen MR) is 110 cm³/mol. The van der Waals surface area contributed by atoms with Gasteiger partial charge in [-0.2, -0.15) is 0 Å². The molecule has 0 radical (unpaired) electrons. The molecule has 4 rings (SSSR count). The highest BCUT2D eigenvalue weighted by Crippen LogP contribution is 2.26. The molecule has 156 valence electrons. The fourth-order valence-corrected chi connectivity index (χ4v) is 3.53. The van der Waals surface area contributed by atoms with Gasteiger partial charge in [-0.3, -0.25) is 19.5 Å². The number of hydrogen-bond acceptors (Lipinski definition) is 5. The van der Waals surface area contributed by atoms with Gasteiger partial charge in [0, 0.05) is 26.2 Å². The van der Waals surface area contributed by atoms with Crippen molar-refractivity contribution in [3.05, 3.63) is 42.1 Å². The molecule has 3 aromatic rings. The van der Waals surface area contributed by atoms with Gasteiger partial charge in [0.05, 0.1) is 18.4 Å². The first-order valence-electron chi connectivity index (χ1n) is 9.70. The maximum atomic E-state index is 13.4. The number of nitrogens with zero attached hydrogens (tertiary/aromatic N) is 4. The predicted octanol–water partition coefficient (Wildman–Crippen LogP) is 2.96. The first-order valence-corrected chi connectivity index (χ1v) is 9.70. The van der Waals surface area contributed by atoms with E-state index >= 15 is 0 Å². The number of piperidine rings is 1. The van der Waals surface area contributed by atoms with E-state index in [-0.39, 0.29) is 11.8 Å². The SMILES string of the molecule is COc1ccc(-n2c(NC(C)=O)nc3cc(C(=O)N4CCC(F)CC4)cnc32)cc1. The van der Waals surface area contributed by atoms with Crippen molar-refractivity contribution in [2.24, 2.45) is 0 Å². The number of rotatable bonds is 4. The zero-order valence-electron chi connectivity index (χ0n) is 16.8. The van der Waals surface area contributed by atoms with Gasteiger partial charge < -0.3 is 9.64 Å². The van der Waals surface area contributed by atoms with Crippen LogP contribution in [0.25, 0.3) is 16.9 Å². The molecule has 2 amide bonds. The van der Waals surface area contributed by atoms with Gasteiger partial charge in [-0.05, 0) is 43.2 Å². The Kier molecular flexibility index (Phi) is 5.35. The fourth-order valence-electron chi connectivity index (χ4n) is 3.53. The number of pyridine rings is 1. The Bertz CT molecular complexity index is 1090. The van der Waals surface area contributed by atoms with Crippen LogP contribution in [0.15, 0.2) is 36.5 Å². The summed E-state index contributed by atoms with van der Waals surface area (Å²) in [6.07, 6.45) is 1.33. The van der Waals surface area contributed by atoms with Crippen molar-refractivity contribution >= 4 is 28.9 Å². The highest BCUT2D eigenvalue weighted by atomic mass is 19.1. The molecular weight excluding hydrogens is 389 g/mol. The molecule has 3 heterocycles. The molecule has 2 aromatic heterocycles. The zero-order chi connectivity index (χ0) is 21.3. The number of ether oxygens (including phenoxy) is 1. The normalized spacial score (nSPS) is 14.7. The molecular formula is C21H22FN5O3. The molecule has 30 heavy (non-hydrogen) atoms. The first-order chi connectivity index (χ1) is 14.5. The molecule has 1 N–H and O–H groups in total. The number of alkyl halides is 1. The second kappa shape index (κ2) is 8.10. The van der Waals surface area contributed by atoms with Crippen molar-refractivity contribution in [1.82, 2.24) is 19.4 Å². The average Bonchev–Trinajstić information content (AvgIpc) is 3.10. The topological polar surface area (TPSA) is 89.3 Å². The third-order valence-electron chi connectivity index (χ3n) is 5.07. The molecule has 0 atom stereocenters. The third kappa shape index (κ3) is 3.83. The number of imidazole rings is 1. The van der Waals surface area contributed by atoms with E-state index in [1.54, 1.807) is 34.8 Å². The summed E-state index contributed by atoms with van der Waals surface area (Å²) in [6, 6.07) is 8.90. The Morgan fingerprint density at radius 1 is 1.20 bits per heavy atom. The number of amides is 2. The van der Waals surface area contributed by atoms with Gasteiger partial charge in [-0.1, -0.05) is 0 Å². The molecule has 0 aliphatic carbocycles. The van der Waals surface area contributed by atoms with Crippen LogP contribution in [-0.2, 0) is 4.79 Å². The van der Waals surface area contributed by atoms with Crippen LogP contribution in [0.3, 0.4) is 0 Å². The lowest BCUT2D eigenvalue weighted by molar-refractivity contribution is -0.114. The van der Waals surface area contributed by atoms with Crippen molar-refractivity contribution in [2.45, 2.75) is 25.9 Å². The maximum Gasteiger partial charge on any atom is 0.255 e. The molecule has 0 bridgehead atoms. The summed E-state index contributed by atoms with van der Waals surface area (Å²) < 4.78 is 20.3. The van der Waals surface area contributed by atoms with Crippen LogP contribution < -0.4 is 10.1 Å². The minimum atomic E-state index is -0.852. The van der Waals surface area contributed by atoms with Gasteiger partial charge in [-0.25, -0.2) is 14.4 Å². The number of aromatic nitrogens is 3. The van der Waals surface area contributed by atoms with Gasteiger partial charge in [0.25, 0.3) is 5.91 Å². The van der Waals surface area contributed by atoms with E-state index < -0.39 is 6.17 Å². The number of fused-ring (bicyclic) bond motifs is 1. The lowest BCUT2D eigenvalue weighted by Gasteiger charge is -2.28. The first kappa shape index (κ1) is 19.8. The van der Waals surface area contributed by atoms with E-state index in [1.807, 2.05) is 12.1 Å². The highest BCUT2D eigenvalue weighted by Gasteiger charge is 2.24. The molecule has 0 spiro atoms. The van der Waals surface area contributed by atoms with E-state index in [9.17, 15) is 14.0 Å². The summed E-state index contributed by atoms with van der Waals surface area (Å²) in [6.45, 7) is 2.17. The molecule has 0 saturated carbocycles. The van der Waals surface area contributed by atoms with Crippen LogP contribution in [0, 0.1) is 0 Å². The summed E-state index contributed by atoms with van der Waals surface area (Å²) >= 11 is 0. The lowest BCUT2D eigenvalue weighted by atomic mass is 10.1. The van der Waals surface area contributed by atoms with Gasteiger partial charge >= 0.3 is 0 Å². The molecule has 1 fully saturated rings. The quantitative estimate of drug-likeness (QED) is 0.713. The fraction of sp³-hybridized carbons (Fsp3) is 0.333. The highest BCUT2D eigenvalue weighted by molar-refractivity contribution is 5.97. The Labute approximate surface area is 172 Å². The molecule has 1 saturated heterocycles. The standard InChI is InChI=1S/C21H22FN5O3/c1-13(28)24-21-25-18-11-14(20(29)26-9-7-15(22)8-10-26)12-23-19(18)27(21)16-3-5-17(30-2)6-4-16/h3-6,11-12,15H,7-10H2,1-2H3,(H,24,25,28). The summed E-state index contributed by atoms with van der Waals surface area (Å²) in [7, 11) is 1.58. The van der Waals surface area contributed by atoms with Crippen LogP contribution in [0.1, 0.15) is 30.1 Å². The Balaban J connectivity index is 1.73. The van der Waals surface area contributed by atoms with Crippen LogP contribution >= 0.6 is 0 Å². The van der Waals surface area contributed by atoms with Crippen molar-refractivity contribution in [3.63, 3.8) is 0 Å². The number of carbonyl (C=O) groups excluding carboxylic acids is 2. The number of likely N-dealkylation sites (tertiary alicyclic amines) is 1. The third-order valence-corrected chi connectivity index (χ3v) is 5.07. The van der Waals surface area contributed by atoms with E-state index in [0.29, 0.717) is 54.4 Å².